The van der Waals surface area contributed by atoms with Gasteiger partial charge in [-0.15, -0.1) is 11.3 Å². The largest absolute Gasteiger partial charge is 0.378 e. The lowest BCUT2D eigenvalue weighted by Gasteiger charge is -2.14. The third kappa shape index (κ3) is 3.24. The Bertz CT molecular complexity index is 518. The fourth-order valence-corrected chi connectivity index (χ4v) is 2.95. The molecule has 2 aromatic rings. The molecule has 1 atom stereocenters. The van der Waals surface area contributed by atoms with Crippen LogP contribution in [0.4, 0.5) is 10.1 Å². The Hall–Kier alpha value is -1.06. The first kappa shape index (κ1) is 13.4. The molecule has 0 fully saturated rings. The number of halogens is 2. The number of benzene rings is 1. The van der Waals surface area contributed by atoms with Crippen LogP contribution in [0, 0.1) is 5.82 Å². The Balaban J connectivity index is 2.12. The molecule has 0 aliphatic rings. The highest BCUT2D eigenvalue weighted by Gasteiger charge is 2.09. The van der Waals surface area contributed by atoms with Crippen molar-refractivity contribution in [1.82, 2.24) is 0 Å². The maximum atomic E-state index is 13.2. The van der Waals surface area contributed by atoms with Crippen molar-refractivity contribution < 1.29 is 4.39 Å². The van der Waals surface area contributed by atoms with E-state index in [2.05, 4.69) is 31.3 Å². The van der Waals surface area contributed by atoms with Gasteiger partial charge in [0.25, 0.3) is 0 Å². The average molecular weight is 284 g/mol. The standard InChI is InChI=1S/C14H15ClFNS/c1-3-13-4-5-14(18-13)9(2)17-12-7-10(15)6-11(16)8-12/h4-9,17H,3H2,1-2H3. The zero-order valence-corrected chi connectivity index (χ0v) is 11.9. The molecular formula is C14H15ClFNS. The fraction of sp³-hybridized carbons (Fsp3) is 0.286. The zero-order valence-electron chi connectivity index (χ0n) is 10.3. The van der Waals surface area contributed by atoms with Gasteiger partial charge in [-0.3, -0.25) is 0 Å². The highest BCUT2D eigenvalue weighted by atomic mass is 35.5. The first-order valence-corrected chi connectivity index (χ1v) is 7.09. The number of thiophene rings is 1. The molecule has 0 radical (unpaired) electrons. The number of aryl methyl sites for hydroxylation is 1. The predicted octanol–water partition coefficient (Wildman–Crippen LogP) is 5.28. The normalized spacial score (nSPS) is 12.4. The Morgan fingerprint density at radius 1 is 1.33 bits per heavy atom. The smallest absolute Gasteiger partial charge is 0.126 e. The molecule has 0 saturated heterocycles. The SMILES string of the molecule is CCc1ccc(C(C)Nc2cc(F)cc(Cl)c2)s1. The van der Waals surface area contributed by atoms with E-state index in [1.807, 2.05) is 0 Å². The first-order chi connectivity index (χ1) is 8.58. The Morgan fingerprint density at radius 3 is 2.72 bits per heavy atom. The second-order valence-corrected chi connectivity index (χ2v) is 5.82. The fourth-order valence-electron chi connectivity index (χ4n) is 1.78. The molecule has 0 aliphatic carbocycles. The van der Waals surface area contributed by atoms with Crippen LogP contribution < -0.4 is 5.32 Å². The van der Waals surface area contributed by atoms with Crippen molar-refractivity contribution in [3.63, 3.8) is 0 Å². The van der Waals surface area contributed by atoms with Crippen LogP contribution in [-0.4, -0.2) is 0 Å². The van der Waals surface area contributed by atoms with Gasteiger partial charge in [0.2, 0.25) is 0 Å². The van der Waals surface area contributed by atoms with E-state index >= 15 is 0 Å². The number of hydrogen-bond acceptors (Lipinski definition) is 2. The summed E-state index contributed by atoms with van der Waals surface area (Å²) in [5.74, 6) is -0.322. The molecule has 2 rings (SSSR count). The predicted molar refractivity (Wildman–Crippen MR) is 77.1 cm³/mol. The molecule has 0 amide bonds. The summed E-state index contributed by atoms with van der Waals surface area (Å²) < 4.78 is 13.2. The summed E-state index contributed by atoms with van der Waals surface area (Å²) in [6.45, 7) is 4.20. The molecule has 4 heteroatoms. The average Bonchev–Trinajstić information content (AvgIpc) is 2.75. The van der Waals surface area contributed by atoms with Crippen LogP contribution >= 0.6 is 22.9 Å². The monoisotopic (exact) mass is 283 g/mol. The van der Waals surface area contributed by atoms with Gasteiger partial charge in [0.1, 0.15) is 5.82 Å². The van der Waals surface area contributed by atoms with Crippen molar-refractivity contribution >= 4 is 28.6 Å². The van der Waals surface area contributed by atoms with Crippen molar-refractivity contribution in [3.8, 4) is 0 Å². The van der Waals surface area contributed by atoms with Crippen LogP contribution in [0.25, 0.3) is 0 Å². The Kier molecular flexibility index (Phi) is 4.25. The molecule has 1 aromatic heterocycles. The lowest BCUT2D eigenvalue weighted by Crippen LogP contribution is -2.04. The lowest BCUT2D eigenvalue weighted by molar-refractivity contribution is 0.628. The second-order valence-electron chi connectivity index (χ2n) is 4.18. The van der Waals surface area contributed by atoms with Crippen LogP contribution in [0.3, 0.4) is 0 Å². The number of nitrogens with one attached hydrogen (secondary N) is 1. The molecule has 1 N–H and O–H groups in total. The van der Waals surface area contributed by atoms with E-state index in [-0.39, 0.29) is 11.9 Å². The second kappa shape index (κ2) is 5.72. The molecule has 0 aliphatic heterocycles. The number of hydrogen-bond donors (Lipinski definition) is 1. The van der Waals surface area contributed by atoms with Crippen LogP contribution in [-0.2, 0) is 6.42 Å². The van der Waals surface area contributed by atoms with E-state index in [1.165, 1.54) is 21.9 Å². The van der Waals surface area contributed by atoms with Crippen molar-refractivity contribution in [2.75, 3.05) is 5.32 Å². The molecule has 0 saturated carbocycles. The molecule has 1 heterocycles. The minimum atomic E-state index is -0.322. The van der Waals surface area contributed by atoms with Crippen LogP contribution in [0.15, 0.2) is 30.3 Å². The summed E-state index contributed by atoms with van der Waals surface area (Å²) in [6, 6.07) is 8.89. The van der Waals surface area contributed by atoms with Crippen LogP contribution in [0.5, 0.6) is 0 Å². The molecule has 1 aromatic carbocycles. The molecule has 18 heavy (non-hydrogen) atoms. The van der Waals surface area contributed by atoms with Gasteiger partial charge in [-0.05, 0) is 43.7 Å². The van der Waals surface area contributed by atoms with E-state index in [0.29, 0.717) is 10.7 Å². The van der Waals surface area contributed by atoms with Crippen LogP contribution in [0.2, 0.25) is 5.02 Å². The highest BCUT2D eigenvalue weighted by Crippen LogP contribution is 2.27. The van der Waals surface area contributed by atoms with Gasteiger partial charge < -0.3 is 5.32 Å². The summed E-state index contributed by atoms with van der Waals surface area (Å²) in [4.78, 5) is 2.60. The van der Waals surface area contributed by atoms with E-state index in [4.69, 9.17) is 11.6 Å². The van der Waals surface area contributed by atoms with Gasteiger partial charge in [-0.25, -0.2) is 4.39 Å². The van der Waals surface area contributed by atoms with Crippen molar-refractivity contribution in [2.45, 2.75) is 26.3 Å². The maximum absolute atomic E-state index is 13.2. The molecule has 1 unspecified atom stereocenters. The van der Waals surface area contributed by atoms with Crippen LogP contribution in [0.1, 0.15) is 29.6 Å². The van der Waals surface area contributed by atoms with E-state index in [1.54, 1.807) is 17.4 Å². The van der Waals surface area contributed by atoms with E-state index < -0.39 is 0 Å². The lowest BCUT2D eigenvalue weighted by atomic mass is 10.2. The minimum absolute atomic E-state index is 0.146. The summed E-state index contributed by atoms with van der Waals surface area (Å²) in [5, 5.41) is 3.67. The van der Waals surface area contributed by atoms with Crippen molar-refractivity contribution in [2.24, 2.45) is 0 Å². The third-order valence-corrected chi connectivity index (χ3v) is 4.33. The quantitative estimate of drug-likeness (QED) is 0.805. The van der Waals surface area contributed by atoms with Gasteiger partial charge in [0.05, 0.1) is 6.04 Å². The zero-order chi connectivity index (χ0) is 13.1. The van der Waals surface area contributed by atoms with Gasteiger partial charge >= 0.3 is 0 Å². The van der Waals surface area contributed by atoms with Crippen molar-refractivity contribution in [3.05, 3.63) is 50.9 Å². The number of rotatable bonds is 4. The first-order valence-electron chi connectivity index (χ1n) is 5.89. The maximum Gasteiger partial charge on any atom is 0.126 e. The van der Waals surface area contributed by atoms with Gasteiger partial charge in [-0.2, -0.15) is 0 Å². The van der Waals surface area contributed by atoms with E-state index in [9.17, 15) is 4.39 Å². The van der Waals surface area contributed by atoms with E-state index in [0.717, 1.165) is 6.42 Å². The Morgan fingerprint density at radius 2 is 2.11 bits per heavy atom. The Labute approximate surface area is 116 Å². The van der Waals surface area contributed by atoms with Gasteiger partial charge in [-0.1, -0.05) is 18.5 Å². The summed E-state index contributed by atoms with van der Waals surface area (Å²) in [5.41, 5.74) is 0.707. The van der Waals surface area contributed by atoms with Gasteiger partial charge in [0.15, 0.2) is 0 Å². The minimum Gasteiger partial charge on any atom is -0.378 e. The summed E-state index contributed by atoms with van der Waals surface area (Å²) in [6.07, 6.45) is 1.04. The molecule has 96 valence electrons. The summed E-state index contributed by atoms with van der Waals surface area (Å²) in [7, 11) is 0. The molecule has 1 nitrogen and oxygen atoms in total. The highest BCUT2D eigenvalue weighted by molar-refractivity contribution is 7.12. The molecule has 0 spiro atoms. The van der Waals surface area contributed by atoms with Gasteiger partial charge in [0, 0.05) is 20.5 Å². The van der Waals surface area contributed by atoms with Crippen molar-refractivity contribution in [1.29, 1.82) is 0 Å². The number of anilines is 1. The summed E-state index contributed by atoms with van der Waals surface area (Å²) >= 11 is 7.61. The molecule has 0 bridgehead atoms. The third-order valence-electron chi connectivity index (χ3n) is 2.70. The molecular weight excluding hydrogens is 269 g/mol. The topological polar surface area (TPSA) is 12.0 Å².